The third-order valence-electron chi connectivity index (χ3n) is 8.93. The van der Waals surface area contributed by atoms with Crippen molar-refractivity contribution in [1.82, 2.24) is 9.97 Å². The molecule has 3 nitrogen and oxygen atoms in total. The van der Waals surface area contributed by atoms with Crippen molar-refractivity contribution in [2.75, 3.05) is 0 Å². The zero-order valence-electron chi connectivity index (χ0n) is 27.3. The standard InChI is InChI=1S/C25H18NS.C19H14NO.Ir/c1-17(18-8-3-2-4-9-18)19-14-15-26-23(16-19)22-12-7-11-21-20-10-5-6-13-24(20)27-25(21)22;1-12-6-8-14-15-4-3-5-16(19(15)21-18(14)10-12)17-9-7-13(2)11-20-17;/h2-11,13-17H,1H3;3-4,6-11H,1-2H3;/q2*-1;. The van der Waals surface area contributed by atoms with Gasteiger partial charge < -0.3 is 14.4 Å². The van der Waals surface area contributed by atoms with E-state index >= 15 is 0 Å². The van der Waals surface area contributed by atoms with E-state index in [4.69, 9.17) is 4.42 Å². The summed E-state index contributed by atoms with van der Waals surface area (Å²) in [4.78, 5) is 9.18. The molecule has 0 aliphatic rings. The van der Waals surface area contributed by atoms with Gasteiger partial charge in [-0.2, -0.15) is 11.3 Å². The molecule has 0 aliphatic carbocycles. The molecule has 0 aliphatic heterocycles. The summed E-state index contributed by atoms with van der Waals surface area (Å²) in [6.07, 6.45) is 3.79. The van der Waals surface area contributed by atoms with E-state index in [1.54, 1.807) is 0 Å². The molecule has 5 heteroatoms. The van der Waals surface area contributed by atoms with Gasteiger partial charge in [-0.15, -0.1) is 42.0 Å². The summed E-state index contributed by atoms with van der Waals surface area (Å²) in [7, 11) is 0. The third-order valence-corrected chi connectivity index (χ3v) is 10.1. The van der Waals surface area contributed by atoms with E-state index in [9.17, 15) is 0 Å². The largest absolute Gasteiger partial charge is 0.501 e. The van der Waals surface area contributed by atoms with Gasteiger partial charge in [0.2, 0.25) is 0 Å². The normalized spacial score (nSPS) is 11.7. The van der Waals surface area contributed by atoms with Gasteiger partial charge in [0.1, 0.15) is 5.58 Å². The molecule has 0 bridgehead atoms. The number of aryl methyl sites for hydroxylation is 2. The first-order valence-electron chi connectivity index (χ1n) is 16.1. The molecule has 0 saturated heterocycles. The molecule has 4 heterocycles. The molecule has 1 radical (unpaired) electrons. The molecule has 1 unspecified atom stereocenters. The van der Waals surface area contributed by atoms with Crippen LogP contribution < -0.4 is 0 Å². The summed E-state index contributed by atoms with van der Waals surface area (Å²) in [5, 5.41) is 4.84. The van der Waals surface area contributed by atoms with Gasteiger partial charge in [0, 0.05) is 48.5 Å². The van der Waals surface area contributed by atoms with Crippen molar-refractivity contribution >= 4 is 53.4 Å². The summed E-state index contributed by atoms with van der Waals surface area (Å²) in [6.45, 7) is 6.35. The van der Waals surface area contributed by atoms with Crippen LogP contribution in [0.15, 0.2) is 138 Å². The molecule has 9 aromatic rings. The van der Waals surface area contributed by atoms with Gasteiger partial charge >= 0.3 is 0 Å². The topological polar surface area (TPSA) is 38.9 Å². The van der Waals surface area contributed by atoms with Crippen LogP contribution in [0.2, 0.25) is 0 Å². The van der Waals surface area contributed by atoms with E-state index in [2.05, 4.69) is 133 Å². The maximum atomic E-state index is 6.08. The van der Waals surface area contributed by atoms with Gasteiger partial charge in [0.25, 0.3) is 0 Å². The first-order valence-corrected chi connectivity index (χ1v) is 16.9. The Kier molecular flexibility index (Phi) is 9.25. The molecule has 0 N–H and O–H groups in total. The fourth-order valence-electron chi connectivity index (χ4n) is 6.32. The van der Waals surface area contributed by atoms with Gasteiger partial charge in [-0.05, 0) is 75.8 Å². The minimum Gasteiger partial charge on any atom is -0.501 e. The van der Waals surface area contributed by atoms with Crippen LogP contribution in [0.3, 0.4) is 0 Å². The molecule has 0 spiro atoms. The Balaban J connectivity index is 0.000000156. The number of thiophene rings is 1. The fourth-order valence-corrected chi connectivity index (χ4v) is 7.53. The predicted molar refractivity (Wildman–Crippen MR) is 201 cm³/mol. The average molecular weight is 829 g/mol. The number of aromatic nitrogens is 2. The first-order chi connectivity index (χ1) is 23.5. The van der Waals surface area contributed by atoms with Crippen LogP contribution >= 0.6 is 11.3 Å². The van der Waals surface area contributed by atoms with Crippen molar-refractivity contribution in [3.8, 4) is 22.5 Å². The number of nitrogens with zero attached hydrogens (tertiary/aromatic N) is 2. The van der Waals surface area contributed by atoms with Gasteiger partial charge in [0.05, 0.1) is 5.58 Å². The number of rotatable bonds is 4. The molecule has 241 valence electrons. The van der Waals surface area contributed by atoms with Gasteiger partial charge in [-0.25, -0.2) is 0 Å². The second kappa shape index (κ2) is 13.9. The quantitative estimate of drug-likeness (QED) is 0.166. The summed E-state index contributed by atoms with van der Waals surface area (Å²) < 4.78 is 8.65. The summed E-state index contributed by atoms with van der Waals surface area (Å²) in [5.41, 5.74) is 10.6. The molecule has 1 atom stereocenters. The van der Waals surface area contributed by atoms with E-state index in [0.29, 0.717) is 5.92 Å². The van der Waals surface area contributed by atoms with Crippen molar-refractivity contribution in [2.45, 2.75) is 26.7 Å². The van der Waals surface area contributed by atoms with Gasteiger partial charge in [0.15, 0.2) is 0 Å². The number of pyridine rings is 2. The van der Waals surface area contributed by atoms with Crippen molar-refractivity contribution in [3.63, 3.8) is 0 Å². The Morgan fingerprint density at radius 1 is 0.633 bits per heavy atom. The van der Waals surface area contributed by atoms with Crippen LogP contribution in [0, 0.1) is 26.0 Å². The van der Waals surface area contributed by atoms with Crippen LogP contribution in [0.25, 0.3) is 64.6 Å². The van der Waals surface area contributed by atoms with E-state index in [1.165, 1.54) is 36.9 Å². The second-order valence-corrected chi connectivity index (χ2v) is 13.3. The minimum atomic E-state index is 0. The van der Waals surface area contributed by atoms with Crippen LogP contribution in [-0.2, 0) is 20.1 Å². The van der Waals surface area contributed by atoms with Gasteiger partial charge in [-0.1, -0.05) is 102 Å². The SMILES string of the molecule is CC(c1ccccc1)c1ccnc(-c2[c-]ccc3c2sc2ccccc23)c1.Cc1ccc(-c2[c-]ccc3c2oc2cc(C)ccc23)nc1.[Ir]. The first kappa shape index (κ1) is 32.6. The molecule has 9 rings (SSSR count). The maximum absolute atomic E-state index is 6.08. The second-order valence-electron chi connectivity index (χ2n) is 12.2. The van der Waals surface area contributed by atoms with E-state index in [1.807, 2.05) is 54.9 Å². The monoisotopic (exact) mass is 829 g/mol. The number of fused-ring (bicyclic) bond motifs is 6. The summed E-state index contributed by atoms with van der Waals surface area (Å²) >= 11 is 1.82. The average Bonchev–Trinajstić information content (AvgIpc) is 3.70. The van der Waals surface area contributed by atoms with E-state index < -0.39 is 0 Å². The minimum absolute atomic E-state index is 0. The molecule has 0 amide bonds. The third kappa shape index (κ3) is 6.34. The number of benzene rings is 5. The Labute approximate surface area is 303 Å². The molecule has 0 fully saturated rings. The molecule has 0 saturated carbocycles. The smallest absolute Gasteiger partial charge is 0.121 e. The Morgan fingerprint density at radius 2 is 1.39 bits per heavy atom. The zero-order chi connectivity index (χ0) is 32.6. The maximum Gasteiger partial charge on any atom is 0.121 e. The number of hydrogen-bond acceptors (Lipinski definition) is 4. The van der Waals surface area contributed by atoms with Gasteiger partial charge in [-0.3, -0.25) is 0 Å². The fraction of sp³-hybridized carbons (Fsp3) is 0.0909. The molecular weight excluding hydrogens is 797 g/mol. The number of furan rings is 1. The predicted octanol–water partition coefficient (Wildman–Crippen LogP) is 12.1. The van der Waals surface area contributed by atoms with Crippen LogP contribution in [0.1, 0.15) is 35.1 Å². The van der Waals surface area contributed by atoms with E-state index in [-0.39, 0.29) is 20.1 Å². The Hall–Kier alpha value is -4.93. The summed E-state index contributed by atoms with van der Waals surface area (Å²) in [5.74, 6) is 0.328. The Morgan fingerprint density at radius 3 is 2.20 bits per heavy atom. The Bertz CT molecular complexity index is 2550. The molecule has 4 aromatic heterocycles. The van der Waals surface area contributed by atoms with E-state index in [0.717, 1.165) is 50.0 Å². The zero-order valence-corrected chi connectivity index (χ0v) is 30.5. The molecule has 5 aromatic carbocycles. The van der Waals surface area contributed by atoms with Crippen LogP contribution in [-0.4, -0.2) is 9.97 Å². The van der Waals surface area contributed by atoms with Crippen LogP contribution in [0.4, 0.5) is 0 Å². The molecular formula is C44H32IrN2OS-2. The van der Waals surface area contributed by atoms with Crippen LogP contribution in [0.5, 0.6) is 0 Å². The summed E-state index contributed by atoms with van der Waals surface area (Å²) in [6, 6.07) is 48.8. The van der Waals surface area contributed by atoms with Crippen molar-refractivity contribution < 1.29 is 24.5 Å². The van der Waals surface area contributed by atoms with Crippen molar-refractivity contribution in [3.05, 3.63) is 168 Å². The molecule has 49 heavy (non-hydrogen) atoms. The van der Waals surface area contributed by atoms with Crippen molar-refractivity contribution in [1.29, 1.82) is 0 Å². The number of hydrogen-bond donors (Lipinski definition) is 0. The van der Waals surface area contributed by atoms with Crippen molar-refractivity contribution in [2.24, 2.45) is 0 Å².